The zero-order valence-electron chi connectivity index (χ0n) is 9.02. The second kappa shape index (κ2) is 4.80. The highest BCUT2D eigenvalue weighted by Gasteiger charge is 2.06. The van der Waals surface area contributed by atoms with Gasteiger partial charge in [-0.2, -0.15) is 5.10 Å². The Labute approximate surface area is 103 Å². The first-order chi connectivity index (χ1) is 7.70. The summed E-state index contributed by atoms with van der Waals surface area (Å²) < 4.78 is 2.75. The van der Waals surface area contributed by atoms with Crippen molar-refractivity contribution in [2.24, 2.45) is 0 Å². The van der Waals surface area contributed by atoms with Gasteiger partial charge in [0, 0.05) is 19.2 Å². The third-order valence-corrected chi connectivity index (χ3v) is 3.05. The summed E-state index contributed by atoms with van der Waals surface area (Å²) in [7, 11) is 0. The highest BCUT2D eigenvalue weighted by molar-refractivity contribution is 9.10. The van der Waals surface area contributed by atoms with E-state index in [1.807, 2.05) is 23.0 Å². The van der Waals surface area contributed by atoms with Crippen LogP contribution < -0.4 is 0 Å². The molecule has 16 heavy (non-hydrogen) atoms. The van der Waals surface area contributed by atoms with Crippen LogP contribution in [0.25, 0.3) is 5.69 Å². The number of rotatable bonds is 3. The van der Waals surface area contributed by atoms with Gasteiger partial charge in [0.25, 0.3) is 0 Å². The number of benzene rings is 1. The molecule has 2 rings (SSSR count). The van der Waals surface area contributed by atoms with Crippen LogP contribution in [0.4, 0.5) is 0 Å². The number of aliphatic hydroxyl groups is 1. The second-order valence-corrected chi connectivity index (χ2v) is 4.53. The molecule has 0 spiro atoms. The lowest BCUT2D eigenvalue weighted by molar-refractivity contribution is 0.298. The molecule has 0 amide bonds. The van der Waals surface area contributed by atoms with E-state index in [-0.39, 0.29) is 6.61 Å². The molecule has 0 unspecified atom stereocenters. The third-order valence-electron chi connectivity index (χ3n) is 2.39. The molecule has 0 atom stereocenters. The van der Waals surface area contributed by atoms with Gasteiger partial charge in [-0.15, -0.1) is 0 Å². The van der Waals surface area contributed by atoms with E-state index in [2.05, 4.69) is 40.1 Å². The molecular weight excluding hydrogens is 268 g/mol. The number of hydrogen-bond acceptors (Lipinski definition) is 2. The summed E-state index contributed by atoms with van der Waals surface area (Å²) in [5, 5.41) is 13.3. The maximum atomic E-state index is 8.89. The molecule has 1 aromatic carbocycles. The average Bonchev–Trinajstić information content (AvgIpc) is 2.62. The lowest BCUT2D eigenvalue weighted by Gasteiger charge is -2.01. The van der Waals surface area contributed by atoms with Gasteiger partial charge in [0.1, 0.15) is 0 Å². The molecule has 2 aromatic rings. The first kappa shape index (κ1) is 11.4. The summed E-state index contributed by atoms with van der Waals surface area (Å²) in [5.74, 6) is 0. The second-order valence-electron chi connectivity index (χ2n) is 3.68. The van der Waals surface area contributed by atoms with E-state index in [0.717, 1.165) is 15.9 Å². The lowest BCUT2D eigenvalue weighted by atomic mass is 10.2. The maximum Gasteiger partial charge on any atom is 0.0793 e. The van der Waals surface area contributed by atoms with Crippen LogP contribution in [0.1, 0.15) is 11.3 Å². The molecule has 84 valence electrons. The smallest absolute Gasteiger partial charge is 0.0793 e. The van der Waals surface area contributed by atoms with Gasteiger partial charge in [-0.25, -0.2) is 4.68 Å². The van der Waals surface area contributed by atoms with E-state index >= 15 is 0 Å². The molecule has 1 N–H and O–H groups in total. The Hall–Kier alpha value is -1.13. The Kier molecular flexibility index (Phi) is 3.41. The minimum atomic E-state index is 0.115. The summed E-state index contributed by atoms with van der Waals surface area (Å²) in [4.78, 5) is 0. The van der Waals surface area contributed by atoms with Gasteiger partial charge in [-0.1, -0.05) is 17.7 Å². The van der Waals surface area contributed by atoms with Crippen LogP contribution in [0.3, 0.4) is 0 Å². The van der Waals surface area contributed by atoms with E-state index < -0.39 is 0 Å². The van der Waals surface area contributed by atoms with E-state index in [1.165, 1.54) is 5.56 Å². The van der Waals surface area contributed by atoms with Crippen molar-refractivity contribution in [2.45, 2.75) is 13.3 Å². The Bertz CT molecular complexity index is 476. The first-order valence-electron chi connectivity index (χ1n) is 5.12. The number of halogens is 1. The number of hydrogen-bond donors (Lipinski definition) is 1. The van der Waals surface area contributed by atoms with Crippen molar-refractivity contribution in [3.05, 3.63) is 46.2 Å². The Balaban J connectivity index is 2.33. The summed E-state index contributed by atoms with van der Waals surface area (Å²) in [5.41, 5.74) is 3.13. The van der Waals surface area contributed by atoms with Gasteiger partial charge >= 0.3 is 0 Å². The summed E-state index contributed by atoms with van der Waals surface area (Å²) in [6, 6.07) is 8.16. The van der Waals surface area contributed by atoms with Crippen molar-refractivity contribution in [3.8, 4) is 5.69 Å². The van der Waals surface area contributed by atoms with Gasteiger partial charge in [-0.3, -0.25) is 0 Å². The van der Waals surface area contributed by atoms with E-state index in [1.54, 1.807) is 0 Å². The molecule has 0 saturated heterocycles. The van der Waals surface area contributed by atoms with Crippen molar-refractivity contribution >= 4 is 15.9 Å². The third kappa shape index (κ3) is 2.33. The molecule has 1 aromatic heterocycles. The number of aliphatic hydroxyl groups excluding tert-OH is 1. The van der Waals surface area contributed by atoms with Gasteiger partial charge in [0.05, 0.1) is 15.9 Å². The molecule has 0 aliphatic heterocycles. The van der Waals surface area contributed by atoms with Crippen LogP contribution in [0.2, 0.25) is 0 Å². The summed E-state index contributed by atoms with van der Waals surface area (Å²) >= 11 is 3.44. The lowest BCUT2D eigenvalue weighted by Crippen LogP contribution is -1.97. The van der Waals surface area contributed by atoms with E-state index in [9.17, 15) is 0 Å². The molecule has 0 saturated carbocycles. The molecule has 0 radical (unpaired) electrons. The van der Waals surface area contributed by atoms with Crippen molar-refractivity contribution in [2.75, 3.05) is 6.61 Å². The van der Waals surface area contributed by atoms with Crippen molar-refractivity contribution in [1.82, 2.24) is 9.78 Å². The summed E-state index contributed by atoms with van der Waals surface area (Å²) in [6.07, 6.45) is 2.48. The zero-order valence-corrected chi connectivity index (χ0v) is 10.6. The minimum absolute atomic E-state index is 0.115. The van der Waals surface area contributed by atoms with Crippen LogP contribution in [0.15, 0.2) is 34.9 Å². The van der Waals surface area contributed by atoms with Gasteiger partial charge in [0.15, 0.2) is 0 Å². The zero-order chi connectivity index (χ0) is 11.5. The molecule has 0 aliphatic rings. The molecule has 0 bridgehead atoms. The van der Waals surface area contributed by atoms with E-state index in [4.69, 9.17) is 5.11 Å². The molecule has 4 heteroatoms. The highest BCUT2D eigenvalue weighted by atomic mass is 79.9. The molecule has 0 fully saturated rings. The molecule has 3 nitrogen and oxygen atoms in total. The monoisotopic (exact) mass is 280 g/mol. The van der Waals surface area contributed by atoms with Gasteiger partial charge in [0.2, 0.25) is 0 Å². The fraction of sp³-hybridized carbons (Fsp3) is 0.250. The predicted molar refractivity (Wildman–Crippen MR) is 66.8 cm³/mol. The van der Waals surface area contributed by atoms with Crippen LogP contribution >= 0.6 is 15.9 Å². The maximum absolute atomic E-state index is 8.89. The van der Waals surface area contributed by atoms with Crippen LogP contribution in [-0.4, -0.2) is 21.5 Å². The van der Waals surface area contributed by atoms with E-state index in [0.29, 0.717) is 6.42 Å². The van der Waals surface area contributed by atoms with Crippen molar-refractivity contribution < 1.29 is 5.11 Å². The van der Waals surface area contributed by atoms with Crippen molar-refractivity contribution in [1.29, 1.82) is 0 Å². The van der Waals surface area contributed by atoms with Gasteiger partial charge in [-0.05, 0) is 35.0 Å². The number of aryl methyl sites for hydroxylation is 1. The van der Waals surface area contributed by atoms with Crippen LogP contribution in [0.5, 0.6) is 0 Å². The topological polar surface area (TPSA) is 38.0 Å². The Morgan fingerprint density at radius 3 is 2.62 bits per heavy atom. The largest absolute Gasteiger partial charge is 0.396 e. The Morgan fingerprint density at radius 2 is 2.00 bits per heavy atom. The van der Waals surface area contributed by atoms with Crippen LogP contribution in [-0.2, 0) is 6.42 Å². The highest BCUT2D eigenvalue weighted by Crippen LogP contribution is 2.18. The normalized spacial score (nSPS) is 10.7. The average molecular weight is 281 g/mol. The van der Waals surface area contributed by atoms with Gasteiger partial charge < -0.3 is 5.11 Å². The predicted octanol–water partition coefficient (Wildman–Crippen LogP) is 2.48. The fourth-order valence-electron chi connectivity index (χ4n) is 1.49. The Morgan fingerprint density at radius 1 is 1.31 bits per heavy atom. The SMILES string of the molecule is Cc1ccc(-n2cc(Br)c(CCO)n2)cc1. The molecule has 0 aliphatic carbocycles. The number of nitrogens with zero attached hydrogens (tertiary/aromatic N) is 2. The minimum Gasteiger partial charge on any atom is -0.396 e. The van der Waals surface area contributed by atoms with Crippen LogP contribution in [0, 0.1) is 6.92 Å². The summed E-state index contributed by atoms with van der Waals surface area (Å²) in [6.45, 7) is 2.17. The molecular formula is C12H13BrN2O. The fourth-order valence-corrected chi connectivity index (χ4v) is 1.97. The first-order valence-corrected chi connectivity index (χ1v) is 5.92. The number of aromatic nitrogens is 2. The quantitative estimate of drug-likeness (QED) is 0.938. The van der Waals surface area contributed by atoms with Crippen molar-refractivity contribution in [3.63, 3.8) is 0 Å². The standard InChI is InChI=1S/C12H13BrN2O/c1-9-2-4-10(5-3-9)15-8-11(13)12(14-15)6-7-16/h2-5,8,16H,6-7H2,1H3. The molecule has 1 heterocycles.